The van der Waals surface area contributed by atoms with E-state index in [2.05, 4.69) is 11.3 Å². The van der Waals surface area contributed by atoms with Gasteiger partial charge in [-0.2, -0.15) is 0 Å². The number of rotatable bonds is 8. The van der Waals surface area contributed by atoms with E-state index in [0.717, 1.165) is 12.8 Å². The highest BCUT2D eigenvalue weighted by Crippen LogP contribution is 2.06. The Bertz CT molecular complexity index is 312. The van der Waals surface area contributed by atoms with Crippen LogP contribution in [0.25, 0.3) is 0 Å². The number of carbonyl (C=O) groups excluding carboxylic acids is 2. The minimum Gasteiger partial charge on any atom is -0.462 e. The summed E-state index contributed by atoms with van der Waals surface area (Å²) in [4.78, 5) is 21.6. The molecule has 0 aromatic heterocycles. The van der Waals surface area contributed by atoms with Gasteiger partial charge in [-0.15, -0.1) is 0 Å². The molecule has 102 valence electrons. The van der Waals surface area contributed by atoms with Crippen molar-refractivity contribution in [2.24, 2.45) is 0 Å². The van der Waals surface area contributed by atoms with Crippen LogP contribution in [-0.2, 0) is 23.7 Å². The van der Waals surface area contributed by atoms with Gasteiger partial charge in [0, 0.05) is 12.2 Å². The summed E-state index contributed by atoms with van der Waals surface area (Å²) in [6.07, 6.45) is 0.541. The zero-order valence-electron chi connectivity index (χ0n) is 10.5. The SMILES string of the molecule is C=C(C)C(=O)OCCCCOCC1COC(=O)O1. The van der Waals surface area contributed by atoms with Crippen LogP contribution in [0.3, 0.4) is 0 Å². The van der Waals surface area contributed by atoms with Gasteiger partial charge in [0.1, 0.15) is 6.61 Å². The van der Waals surface area contributed by atoms with Crippen LogP contribution in [0, 0.1) is 0 Å². The molecule has 0 aliphatic carbocycles. The molecule has 0 aromatic rings. The third-order valence-electron chi connectivity index (χ3n) is 2.22. The number of hydrogen-bond donors (Lipinski definition) is 0. The van der Waals surface area contributed by atoms with Gasteiger partial charge in [-0.1, -0.05) is 6.58 Å². The van der Waals surface area contributed by atoms with Gasteiger partial charge in [0.05, 0.1) is 13.2 Å². The van der Waals surface area contributed by atoms with Crippen molar-refractivity contribution in [2.75, 3.05) is 26.4 Å². The minimum atomic E-state index is -0.643. The molecule has 1 rings (SSSR count). The number of carbonyl (C=O) groups is 2. The molecular weight excluding hydrogens is 240 g/mol. The van der Waals surface area contributed by atoms with Crippen molar-refractivity contribution in [2.45, 2.75) is 25.9 Å². The van der Waals surface area contributed by atoms with Gasteiger partial charge in [-0.3, -0.25) is 0 Å². The molecule has 6 heteroatoms. The summed E-state index contributed by atoms with van der Waals surface area (Å²) < 4.78 is 19.6. The van der Waals surface area contributed by atoms with E-state index in [9.17, 15) is 9.59 Å². The molecule has 0 spiro atoms. The first kappa shape index (κ1) is 14.5. The van der Waals surface area contributed by atoms with Crippen LogP contribution >= 0.6 is 0 Å². The average Bonchev–Trinajstić information content (AvgIpc) is 2.73. The third kappa shape index (κ3) is 5.67. The van der Waals surface area contributed by atoms with Gasteiger partial charge < -0.3 is 18.9 Å². The van der Waals surface area contributed by atoms with Crippen LogP contribution in [0.15, 0.2) is 12.2 Å². The third-order valence-corrected chi connectivity index (χ3v) is 2.22. The summed E-state index contributed by atoms with van der Waals surface area (Å²) in [7, 11) is 0. The monoisotopic (exact) mass is 258 g/mol. The van der Waals surface area contributed by atoms with Gasteiger partial charge in [-0.25, -0.2) is 9.59 Å². The predicted octanol–water partition coefficient (Wildman–Crippen LogP) is 1.44. The first-order chi connectivity index (χ1) is 8.59. The number of ether oxygens (including phenoxy) is 4. The van der Waals surface area contributed by atoms with E-state index in [4.69, 9.17) is 14.2 Å². The summed E-state index contributed by atoms with van der Waals surface area (Å²) in [6, 6.07) is 0. The molecule has 1 saturated heterocycles. The summed E-state index contributed by atoms with van der Waals surface area (Å²) in [5.41, 5.74) is 0.397. The van der Waals surface area contributed by atoms with Crippen LogP contribution in [0.5, 0.6) is 0 Å². The molecular formula is C12H18O6. The zero-order chi connectivity index (χ0) is 13.4. The summed E-state index contributed by atoms with van der Waals surface area (Å²) >= 11 is 0. The van der Waals surface area contributed by atoms with Crippen molar-refractivity contribution >= 4 is 12.1 Å². The highest BCUT2D eigenvalue weighted by atomic mass is 16.8. The lowest BCUT2D eigenvalue weighted by Crippen LogP contribution is -2.18. The van der Waals surface area contributed by atoms with Crippen LogP contribution in [0.1, 0.15) is 19.8 Å². The summed E-state index contributed by atoms with van der Waals surface area (Å²) in [5.74, 6) is -0.370. The molecule has 1 unspecified atom stereocenters. The Hall–Kier alpha value is -1.56. The topological polar surface area (TPSA) is 71.1 Å². The number of cyclic esters (lactones) is 2. The molecule has 1 aliphatic rings. The van der Waals surface area contributed by atoms with E-state index in [1.807, 2.05) is 0 Å². The van der Waals surface area contributed by atoms with Gasteiger partial charge >= 0.3 is 12.1 Å². The summed E-state index contributed by atoms with van der Waals surface area (Å²) in [6.45, 7) is 6.55. The fourth-order valence-corrected chi connectivity index (χ4v) is 1.26. The second-order valence-corrected chi connectivity index (χ2v) is 4.00. The van der Waals surface area contributed by atoms with Crippen LogP contribution in [-0.4, -0.2) is 44.7 Å². The Morgan fingerprint density at radius 1 is 1.44 bits per heavy atom. The quantitative estimate of drug-likeness (QED) is 0.372. The highest BCUT2D eigenvalue weighted by molar-refractivity contribution is 5.86. The highest BCUT2D eigenvalue weighted by Gasteiger charge is 2.24. The number of hydrogen-bond acceptors (Lipinski definition) is 6. The molecule has 1 atom stereocenters. The normalized spacial score (nSPS) is 18.1. The van der Waals surface area contributed by atoms with E-state index in [1.54, 1.807) is 6.92 Å². The Morgan fingerprint density at radius 2 is 2.17 bits per heavy atom. The van der Waals surface area contributed by atoms with Crippen LogP contribution < -0.4 is 0 Å². The lowest BCUT2D eigenvalue weighted by atomic mass is 10.3. The molecule has 0 amide bonds. The molecule has 0 radical (unpaired) electrons. The van der Waals surface area contributed by atoms with Gasteiger partial charge in [0.2, 0.25) is 0 Å². The van der Waals surface area contributed by atoms with E-state index < -0.39 is 6.16 Å². The molecule has 6 nitrogen and oxygen atoms in total. The van der Waals surface area contributed by atoms with Crippen LogP contribution in [0.4, 0.5) is 4.79 Å². The number of unbranched alkanes of at least 4 members (excludes halogenated alkanes) is 1. The second-order valence-electron chi connectivity index (χ2n) is 4.00. The number of esters is 1. The first-order valence-electron chi connectivity index (χ1n) is 5.83. The van der Waals surface area contributed by atoms with Crippen molar-refractivity contribution in [1.29, 1.82) is 0 Å². The molecule has 1 heterocycles. The van der Waals surface area contributed by atoms with Crippen molar-refractivity contribution < 1.29 is 28.5 Å². The Balaban J connectivity index is 1.88. The molecule has 0 N–H and O–H groups in total. The van der Waals surface area contributed by atoms with Crippen molar-refractivity contribution in [3.05, 3.63) is 12.2 Å². The first-order valence-corrected chi connectivity index (χ1v) is 5.83. The summed E-state index contributed by atoms with van der Waals surface area (Å²) in [5, 5.41) is 0. The van der Waals surface area contributed by atoms with Crippen molar-refractivity contribution in [3.8, 4) is 0 Å². The van der Waals surface area contributed by atoms with Gasteiger partial charge in [0.15, 0.2) is 6.10 Å². The maximum absolute atomic E-state index is 11.0. The largest absolute Gasteiger partial charge is 0.508 e. The van der Waals surface area contributed by atoms with Crippen LogP contribution in [0.2, 0.25) is 0 Å². The molecule has 1 aliphatic heterocycles. The predicted molar refractivity (Wildman–Crippen MR) is 62.0 cm³/mol. The molecule has 0 saturated carbocycles. The van der Waals surface area contributed by atoms with Gasteiger partial charge in [0.25, 0.3) is 0 Å². The molecule has 18 heavy (non-hydrogen) atoms. The van der Waals surface area contributed by atoms with E-state index in [-0.39, 0.29) is 18.7 Å². The zero-order valence-corrected chi connectivity index (χ0v) is 10.5. The molecule has 0 bridgehead atoms. The molecule has 0 aromatic carbocycles. The second kappa shape index (κ2) is 7.71. The average molecular weight is 258 g/mol. The standard InChI is InChI=1S/C12H18O6/c1-9(2)11(13)16-6-4-3-5-15-7-10-8-17-12(14)18-10/h10H,1,3-8H2,2H3. The Morgan fingerprint density at radius 3 is 2.78 bits per heavy atom. The molecule has 1 fully saturated rings. The fourth-order valence-electron chi connectivity index (χ4n) is 1.26. The smallest absolute Gasteiger partial charge is 0.462 e. The van der Waals surface area contributed by atoms with E-state index in [1.165, 1.54) is 0 Å². The lowest BCUT2D eigenvalue weighted by molar-refractivity contribution is -0.139. The fraction of sp³-hybridized carbons (Fsp3) is 0.667. The maximum Gasteiger partial charge on any atom is 0.508 e. The van der Waals surface area contributed by atoms with Gasteiger partial charge in [-0.05, 0) is 19.8 Å². The van der Waals surface area contributed by atoms with Crippen molar-refractivity contribution in [1.82, 2.24) is 0 Å². The minimum absolute atomic E-state index is 0.245. The van der Waals surface area contributed by atoms with E-state index in [0.29, 0.717) is 25.4 Å². The Kier molecular flexibility index (Phi) is 6.21. The Labute approximate surface area is 106 Å². The van der Waals surface area contributed by atoms with E-state index >= 15 is 0 Å². The van der Waals surface area contributed by atoms with Crippen molar-refractivity contribution in [3.63, 3.8) is 0 Å². The maximum atomic E-state index is 11.0. The lowest BCUT2D eigenvalue weighted by Gasteiger charge is -2.07.